The first kappa shape index (κ1) is 20.6. The lowest BCUT2D eigenvalue weighted by atomic mass is 10.3. The average molecular weight is 441 g/mol. The molecule has 2 N–H and O–H groups in total. The van der Waals surface area contributed by atoms with Crippen LogP contribution in [-0.4, -0.2) is 42.6 Å². The molecule has 0 aliphatic carbocycles. The fourth-order valence-electron chi connectivity index (χ4n) is 2.11. The minimum absolute atomic E-state index is 0.516. The van der Waals surface area contributed by atoms with Crippen molar-refractivity contribution in [1.82, 2.24) is 15.6 Å². The number of halogens is 1. The smallest absolute Gasteiger partial charge is 0.214 e. The van der Waals surface area contributed by atoms with Gasteiger partial charge in [-0.2, -0.15) is 11.8 Å². The molecule has 2 aromatic rings. The Morgan fingerprint density at radius 1 is 1.31 bits per heavy atom. The molecule has 0 fully saturated rings. The third kappa shape index (κ3) is 7.29. The molecule has 0 saturated heterocycles. The van der Waals surface area contributed by atoms with Crippen molar-refractivity contribution >= 4 is 33.7 Å². The summed E-state index contributed by atoms with van der Waals surface area (Å²) in [7, 11) is 1.75. The van der Waals surface area contributed by atoms with Gasteiger partial charge in [0.25, 0.3) is 0 Å². The largest absolute Gasteiger partial charge is 0.493 e. The van der Waals surface area contributed by atoms with Gasteiger partial charge in [-0.25, -0.2) is 4.98 Å². The fourth-order valence-corrected chi connectivity index (χ4v) is 3.14. The van der Waals surface area contributed by atoms with Crippen LogP contribution in [0.25, 0.3) is 0 Å². The lowest BCUT2D eigenvalue weighted by Gasteiger charge is -2.10. The summed E-state index contributed by atoms with van der Waals surface area (Å²) in [4.78, 5) is 8.54. The van der Waals surface area contributed by atoms with Crippen LogP contribution in [0.4, 0.5) is 0 Å². The van der Waals surface area contributed by atoms with Crippen molar-refractivity contribution in [3.63, 3.8) is 0 Å². The standard InChI is InChI=1S/C18H25BrN4O2S/c1-13-14(2)25-17(23-13)12-22-18(20-3)21-7-9-26-10-8-24-16-6-4-5-15(19)11-16/h4-6,11H,7-10,12H2,1-3H3,(H2,20,21,22). The predicted octanol–water partition coefficient (Wildman–Crippen LogP) is 3.53. The number of benzene rings is 1. The molecule has 1 aromatic carbocycles. The highest BCUT2D eigenvalue weighted by Gasteiger charge is 2.06. The number of nitrogens with zero attached hydrogens (tertiary/aromatic N) is 2. The lowest BCUT2D eigenvalue weighted by molar-refractivity contribution is 0.344. The molecule has 0 bridgehead atoms. The fraction of sp³-hybridized carbons (Fsp3) is 0.444. The van der Waals surface area contributed by atoms with Crippen LogP contribution in [0.1, 0.15) is 17.3 Å². The summed E-state index contributed by atoms with van der Waals surface area (Å²) in [5.41, 5.74) is 0.922. The Morgan fingerprint density at radius 3 is 2.85 bits per heavy atom. The van der Waals surface area contributed by atoms with Crippen LogP contribution in [-0.2, 0) is 6.54 Å². The van der Waals surface area contributed by atoms with E-state index in [9.17, 15) is 0 Å². The first-order valence-corrected chi connectivity index (χ1v) is 10.4. The number of hydrogen-bond acceptors (Lipinski definition) is 5. The molecule has 142 valence electrons. The van der Waals surface area contributed by atoms with Gasteiger partial charge in [-0.3, -0.25) is 4.99 Å². The molecule has 0 unspecified atom stereocenters. The van der Waals surface area contributed by atoms with Gasteiger partial charge in [0.05, 0.1) is 18.8 Å². The van der Waals surface area contributed by atoms with E-state index in [1.807, 2.05) is 49.9 Å². The van der Waals surface area contributed by atoms with Crippen LogP contribution >= 0.6 is 27.7 Å². The summed E-state index contributed by atoms with van der Waals surface area (Å²) >= 11 is 5.27. The second-order valence-corrected chi connectivity index (χ2v) is 7.66. The highest BCUT2D eigenvalue weighted by molar-refractivity contribution is 9.10. The van der Waals surface area contributed by atoms with Gasteiger partial charge < -0.3 is 19.8 Å². The van der Waals surface area contributed by atoms with Gasteiger partial charge in [-0.1, -0.05) is 22.0 Å². The maximum absolute atomic E-state index is 5.71. The summed E-state index contributed by atoms with van der Waals surface area (Å²) in [6, 6.07) is 7.89. The Balaban J connectivity index is 1.55. The summed E-state index contributed by atoms with van der Waals surface area (Å²) in [5, 5.41) is 6.48. The molecule has 0 aliphatic heterocycles. The number of guanidine groups is 1. The van der Waals surface area contributed by atoms with Crippen LogP contribution in [0, 0.1) is 13.8 Å². The highest BCUT2D eigenvalue weighted by Crippen LogP contribution is 2.17. The molecule has 26 heavy (non-hydrogen) atoms. The minimum Gasteiger partial charge on any atom is -0.493 e. The maximum Gasteiger partial charge on any atom is 0.214 e. The van der Waals surface area contributed by atoms with Crippen molar-refractivity contribution in [2.24, 2.45) is 4.99 Å². The molecule has 0 saturated carbocycles. The molecular weight excluding hydrogens is 416 g/mol. The van der Waals surface area contributed by atoms with Gasteiger partial charge in [-0.05, 0) is 32.0 Å². The van der Waals surface area contributed by atoms with Crippen molar-refractivity contribution in [1.29, 1.82) is 0 Å². The molecule has 2 rings (SSSR count). The van der Waals surface area contributed by atoms with E-state index in [0.29, 0.717) is 19.0 Å². The van der Waals surface area contributed by atoms with Crippen molar-refractivity contribution < 1.29 is 9.15 Å². The summed E-state index contributed by atoms with van der Waals surface area (Å²) in [6.07, 6.45) is 0. The van der Waals surface area contributed by atoms with E-state index in [1.165, 1.54) is 0 Å². The molecule has 8 heteroatoms. The number of ether oxygens (including phenoxy) is 1. The summed E-state index contributed by atoms with van der Waals surface area (Å²) < 4.78 is 12.3. The number of aliphatic imine (C=N–C) groups is 1. The monoisotopic (exact) mass is 440 g/mol. The predicted molar refractivity (Wildman–Crippen MR) is 111 cm³/mol. The Labute approximate surface area is 167 Å². The first-order chi connectivity index (χ1) is 12.6. The van der Waals surface area contributed by atoms with Crippen molar-refractivity contribution in [2.45, 2.75) is 20.4 Å². The van der Waals surface area contributed by atoms with E-state index in [-0.39, 0.29) is 0 Å². The third-order valence-electron chi connectivity index (χ3n) is 3.53. The van der Waals surface area contributed by atoms with E-state index < -0.39 is 0 Å². The van der Waals surface area contributed by atoms with Gasteiger partial charge in [0.2, 0.25) is 5.89 Å². The number of aromatic nitrogens is 1. The van der Waals surface area contributed by atoms with E-state index in [4.69, 9.17) is 9.15 Å². The second kappa shape index (κ2) is 11.1. The van der Waals surface area contributed by atoms with Gasteiger partial charge in [0, 0.05) is 29.6 Å². The molecule has 0 atom stereocenters. The van der Waals surface area contributed by atoms with Gasteiger partial charge >= 0.3 is 0 Å². The van der Waals surface area contributed by atoms with Crippen LogP contribution in [0.15, 0.2) is 38.1 Å². The summed E-state index contributed by atoms with van der Waals surface area (Å²) in [6.45, 7) is 5.88. The van der Waals surface area contributed by atoms with Crippen molar-refractivity contribution in [3.8, 4) is 5.75 Å². The van der Waals surface area contributed by atoms with Gasteiger partial charge in [0.1, 0.15) is 11.5 Å². The van der Waals surface area contributed by atoms with Crippen LogP contribution in [0.3, 0.4) is 0 Å². The zero-order chi connectivity index (χ0) is 18.8. The quantitative estimate of drug-likeness (QED) is 0.353. The molecule has 0 spiro atoms. The number of oxazole rings is 1. The molecule has 1 aromatic heterocycles. The zero-order valence-electron chi connectivity index (χ0n) is 15.3. The van der Waals surface area contributed by atoms with Crippen molar-refractivity contribution in [2.75, 3.05) is 31.7 Å². The van der Waals surface area contributed by atoms with Gasteiger partial charge in [0.15, 0.2) is 5.96 Å². The van der Waals surface area contributed by atoms with Crippen molar-refractivity contribution in [3.05, 3.63) is 46.1 Å². The molecule has 0 aliphatic rings. The molecular formula is C18H25BrN4O2S. The number of aryl methyl sites for hydroxylation is 2. The normalized spacial score (nSPS) is 11.5. The Bertz CT molecular complexity index is 701. The van der Waals surface area contributed by atoms with E-state index >= 15 is 0 Å². The highest BCUT2D eigenvalue weighted by atomic mass is 79.9. The number of rotatable bonds is 9. The maximum atomic E-state index is 5.71. The van der Waals surface area contributed by atoms with Crippen LogP contribution in [0.5, 0.6) is 5.75 Å². The first-order valence-electron chi connectivity index (χ1n) is 8.42. The Morgan fingerprint density at radius 2 is 2.15 bits per heavy atom. The third-order valence-corrected chi connectivity index (χ3v) is 4.98. The molecule has 0 radical (unpaired) electrons. The molecule has 1 heterocycles. The van der Waals surface area contributed by atoms with Gasteiger partial charge in [-0.15, -0.1) is 0 Å². The second-order valence-electron chi connectivity index (χ2n) is 5.52. The van der Waals surface area contributed by atoms with E-state index in [1.54, 1.807) is 7.05 Å². The summed E-state index contributed by atoms with van der Waals surface area (Å²) in [5.74, 6) is 5.06. The zero-order valence-corrected chi connectivity index (χ0v) is 17.7. The molecule has 6 nitrogen and oxygen atoms in total. The Hall–Kier alpha value is -1.67. The minimum atomic E-state index is 0.516. The van der Waals surface area contributed by atoms with E-state index in [2.05, 4.69) is 36.5 Å². The van der Waals surface area contributed by atoms with Crippen LogP contribution in [0.2, 0.25) is 0 Å². The lowest BCUT2D eigenvalue weighted by Crippen LogP contribution is -2.38. The number of hydrogen-bond donors (Lipinski definition) is 2. The number of thioether (sulfide) groups is 1. The topological polar surface area (TPSA) is 71.7 Å². The average Bonchev–Trinajstić information content (AvgIpc) is 2.94. The van der Waals surface area contributed by atoms with E-state index in [0.717, 1.165) is 45.7 Å². The SMILES string of the molecule is CN=C(NCCSCCOc1cccc(Br)c1)NCc1nc(C)c(C)o1. The number of nitrogens with one attached hydrogen (secondary N) is 2. The molecule has 0 amide bonds. The Kier molecular flexibility index (Phi) is 8.84. The van der Waals surface area contributed by atoms with Crippen LogP contribution < -0.4 is 15.4 Å².